The molecule has 2 fully saturated rings. The molecule has 25 heavy (non-hydrogen) atoms. The molecule has 1 aromatic carbocycles. The van der Waals surface area contributed by atoms with E-state index in [9.17, 15) is 13.6 Å². The van der Waals surface area contributed by atoms with Crippen LogP contribution in [0.3, 0.4) is 0 Å². The molecule has 1 aromatic heterocycles. The maximum atomic E-state index is 13.8. The summed E-state index contributed by atoms with van der Waals surface area (Å²) in [6, 6.07) is 3.50. The minimum absolute atomic E-state index is 0.454. The van der Waals surface area contributed by atoms with Crippen LogP contribution in [0.25, 0.3) is 0 Å². The summed E-state index contributed by atoms with van der Waals surface area (Å²) < 4.78 is 27.6. The van der Waals surface area contributed by atoms with Gasteiger partial charge in [-0.25, -0.2) is 13.8 Å². The van der Waals surface area contributed by atoms with Crippen molar-refractivity contribution in [2.24, 2.45) is 0 Å². The number of rotatable bonds is 4. The quantitative estimate of drug-likeness (QED) is 0.837. The van der Waals surface area contributed by atoms with Crippen molar-refractivity contribution in [3.05, 3.63) is 51.5 Å². The monoisotopic (exact) mass is 363 g/mol. The summed E-state index contributed by atoms with van der Waals surface area (Å²) >= 11 is 1.69. The highest BCUT2D eigenvalue weighted by Gasteiger charge is 2.28. The number of aromatic nitrogens is 1. The van der Waals surface area contributed by atoms with Gasteiger partial charge in [0.15, 0.2) is 0 Å². The lowest BCUT2D eigenvalue weighted by atomic mass is 10.1. The largest absolute Gasteiger partial charge is 0.336 e. The molecule has 7 heteroatoms. The molecule has 0 N–H and O–H groups in total. The molecular weight excluding hydrogens is 344 g/mol. The lowest BCUT2D eigenvalue weighted by Crippen LogP contribution is -2.48. The Kier molecular flexibility index (Phi) is 4.52. The van der Waals surface area contributed by atoms with E-state index in [4.69, 9.17) is 0 Å². The first-order valence-electron chi connectivity index (χ1n) is 8.52. The molecule has 1 aliphatic carbocycles. The van der Waals surface area contributed by atoms with Crippen LogP contribution in [-0.4, -0.2) is 46.9 Å². The number of carbonyl (C=O) groups excluding carboxylic acids is 1. The van der Waals surface area contributed by atoms with E-state index in [2.05, 4.69) is 15.3 Å². The third-order valence-corrected chi connectivity index (χ3v) is 5.61. The number of halogens is 2. The highest BCUT2D eigenvalue weighted by molar-refractivity contribution is 7.09. The van der Waals surface area contributed by atoms with Crippen molar-refractivity contribution in [1.82, 2.24) is 14.8 Å². The lowest BCUT2D eigenvalue weighted by Gasteiger charge is -2.34. The fraction of sp³-hybridized carbons (Fsp3) is 0.444. The van der Waals surface area contributed by atoms with Crippen LogP contribution in [0.15, 0.2) is 23.6 Å². The van der Waals surface area contributed by atoms with Crippen molar-refractivity contribution in [3.63, 3.8) is 0 Å². The van der Waals surface area contributed by atoms with Gasteiger partial charge in [-0.1, -0.05) is 6.07 Å². The Morgan fingerprint density at radius 2 is 1.84 bits per heavy atom. The summed E-state index contributed by atoms with van der Waals surface area (Å²) in [5, 5.41) is 3.25. The molecule has 0 bridgehead atoms. The van der Waals surface area contributed by atoms with E-state index < -0.39 is 23.1 Å². The number of hydrogen-bond donors (Lipinski definition) is 0. The maximum absolute atomic E-state index is 13.8. The number of benzene rings is 1. The Balaban J connectivity index is 1.35. The fourth-order valence-electron chi connectivity index (χ4n) is 3.12. The van der Waals surface area contributed by atoms with E-state index in [1.54, 1.807) is 11.3 Å². The second-order valence-corrected chi connectivity index (χ2v) is 7.55. The minimum Gasteiger partial charge on any atom is -0.336 e. The fourth-order valence-corrected chi connectivity index (χ4v) is 4.04. The topological polar surface area (TPSA) is 36.4 Å². The van der Waals surface area contributed by atoms with Gasteiger partial charge in [0.1, 0.15) is 22.2 Å². The van der Waals surface area contributed by atoms with Gasteiger partial charge in [-0.3, -0.25) is 9.69 Å². The summed E-state index contributed by atoms with van der Waals surface area (Å²) in [6.07, 6.45) is 2.49. The van der Waals surface area contributed by atoms with Gasteiger partial charge in [0, 0.05) is 37.5 Å². The molecule has 0 atom stereocenters. The zero-order chi connectivity index (χ0) is 17.4. The summed E-state index contributed by atoms with van der Waals surface area (Å²) in [5.74, 6) is -1.51. The van der Waals surface area contributed by atoms with Crippen LogP contribution < -0.4 is 0 Å². The van der Waals surface area contributed by atoms with Crippen LogP contribution in [-0.2, 0) is 6.54 Å². The zero-order valence-corrected chi connectivity index (χ0v) is 14.6. The summed E-state index contributed by atoms with van der Waals surface area (Å²) in [4.78, 5) is 20.9. The smallest absolute Gasteiger partial charge is 0.259 e. The molecule has 0 spiro atoms. The van der Waals surface area contributed by atoms with Crippen LogP contribution >= 0.6 is 11.3 Å². The lowest BCUT2D eigenvalue weighted by molar-refractivity contribution is 0.0619. The molecule has 2 aliphatic rings. The van der Waals surface area contributed by atoms with Gasteiger partial charge >= 0.3 is 0 Å². The van der Waals surface area contributed by atoms with Crippen LogP contribution in [0.5, 0.6) is 0 Å². The Morgan fingerprint density at radius 3 is 2.48 bits per heavy atom. The highest BCUT2D eigenvalue weighted by atomic mass is 32.1. The van der Waals surface area contributed by atoms with E-state index in [-0.39, 0.29) is 0 Å². The first-order valence-corrected chi connectivity index (χ1v) is 9.39. The molecule has 2 heterocycles. The second kappa shape index (κ2) is 6.80. The number of piperazine rings is 1. The third-order valence-electron chi connectivity index (χ3n) is 4.76. The molecule has 2 aromatic rings. The van der Waals surface area contributed by atoms with Gasteiger partial charge < -0.3 is 4.90 Å². The molecule has 132 valence electrons. The van der Waals surface area contributed by atoms with Gasteiger partial charge in [0.25, 0.3) is 5.91 Å². The molecule has 0 unspecified atom stereocenters. The van der Waals surface area contributed by atoms with Crippen LogP contribution in [0.1, 0.15) is 39.8 Å². The predicted molar refractivity (Wildman–Crippen MR) is 91.6 cm³/mol. The minimum atomic E-state index is -0.803. The predicted octanol–water partition coefficient (Wildman–Crippen LogP) is 3.26. The van der Waals surface area contributed by atoms with E-state index >= 15 is 0 Å². The highest BCUT2D eigenvalue weighted by Crippen LogP contribution is 2.40. The van der Waals surface area contributed by atoms with E-state index in [0.29, 0.717) is 32.1 Å². The Bertz CT molecular complexity index is 762. The number of amides is 1. The molecule has 4 rings (SSSR count). The Labute approximate surface area is 149 Å². The van der Waals surface area contributed by atoms with Crippen molar-refractivity contribution in [2.75, 3.05) is 26.2 Å². The van der Waals surface area contributed by atoms with E-state index in [1.807, 2.05) is 0 Å². The van der Waals surface area contributed by atoms with Gasteiger partial charge in [-0.05, 0) is 25.0 Å². The maximum Gasteiger partial charge on any atom is 0.259 e. The van der Waals surface area contributed by atoms with E-state index in [0.717, 1.165) is 23.7 Å². The zero-order valence-electron chi connectivity index (χ0n) is 13.8. The number of thiazole rings is 1. The second-order valence-electron chi connectivity index (χ2n) is 6.61. The number of hydrogen-bond acceptors (Lipinski definition) is 4. The summed E-state index contributed by atoms with van der Waals surface area (Å²) in [7, 11) is 0. The van der Waals surface area contributed by atoms with Crippen LogP contribution in [0, 0.1) is 11.6 Å². The molecule has 1 saturated carbocycles. The molecular formula is C18H19F2N3OS. The molecule has 1 aliphatic heterocycles. The Morgan fingerprint density at radius 1 is 1.16 bits per heavy atom. The van der Waals surface area contributed by atoms with Crippen molar-refractivity contribution >= 4 is 17.2 Å². The van der Waals surface area contributed by atoms with Crippen molar-refractivity contribution in [1.29, 1.82) is 0 Å². The summed E-state index contributed by atoms with van der Waals surface area (Å²) in [5.41, 5.74) is 0.758. The number of nitrogens with zero attached hydrogens (tertiary/aromatic N) is 3. The van der Waals surface area contributed by atoms with Crippen molar-refractivity contribution < 1.29 is 13.6 Å². The molecule has 1 amide bonds. The molecule has 1 saturated heterocycles. The molecule has 0 radical (unpaired) electrons. The standard InChI is InChI=1S/C18H19F2N3OS/c19-13-2-1-3-14(20)17(13)18(24)23-8-6-22(7-9-23)10-16-21-15(11-25-16)12-4-5-12/h1-3,11-12H,4-10H2. The van der Waals surface area contributed by atoms with Crippen LogP contribution in [0.2, 0.25) is 0 Å². The van der Waals surface area contributed by atoms with Gasteiger partial charge in [0.05, 0.1) is 12.2 Å². The Hall–Kier alpha value is -1.86. The average molecular weight is 363 g/mol. The van der Waals surface area contributed by atoms with E-state index in [1.165, 1.54) is 29.5 Å². The van der Waals surface area contributed by atoms with Crippen molar-refractivity contribution in [2.45, 2.75) is 25.3 Å². The SMILES string of the molecule is O=C(c1c(F)cccc1F)N1CCN(Cc2nc(C3CC3)cs2)CC1. The van der Waals surface area contributed by atoms with Gasteiger partial charge in [-0.2, -0.15) is 0 Å². The molecule has 4 nitrogen and oxygen atoms in total. The first-order chi connectivity index (χ1) is 12.1. The third kappa shape index (κ3) is 3.57. The van der Waals surface area contributed by atoms with Gasteiger partial charge in [0.2, 0.25) is 0 Å². The average Bonchev–Trinajstić information content (AvgIpc) is 3.35. The first kappa shape index (κ1) is 16.6. The number of carbonyl (C=O) groups is 1. The normalized spacial score (nSPS) is 18.6. The van der Waals surface area contributed by atoms with Crippen molar-refractivity contribution in [3.8, 4) is 0 Å². The summed E-state index contributed by atoms with van der Waals surface area (Å²) in [6.45, 7) is 3.06. The van der Waals surface area contributed by atoms with Crippen LogP contribution in [0.4, 0.5) is 8.78 Å². The van der Waals surface area contributed by atoms with Gasteiger partial charge in [-0.15, -0.1) is 11.3 Å².